The number of benzene rings is 1. The number of piperidine rings is 1. The SMILES string of the molecule is C#CCNS(=O)(=O)c1ccc(C(=O)N2CCC(OC)CC2)cc1. The van der Waals surface area contributed by atoms with Crippen molar-refractivity contribution in [1.29, 1.82) is 0 Å². The molecule has 1 fully saturated rings. The molecule has 23 heavy (non-hydrogen) atoms. The lowest BCUT2D eigenvalue weighted by molar-refractivity contribution is 0.0350. The van der Waals surface area contributed by atoms with Crippen molar-refractivity contribution in [3.8, 4) is 12.3 Å². The minimum Gasteiger partial charge on any atom is -0.381 e. The van der Waals surface area contributed by atoms with Crippen molar-refractivity contribution in [3.63, 3.8) is 0 Å². The Hall–Kier alpha value is -1.88. The Kier molecular flexibility index (Phi) is 5.77. The van der Waals surface area contributed by atoms with Gasteiger partial charge in [0.1, 0.15) is 0 Å². The summed E-state index contributed by atoms with van der Waals surface area (Å²) in [6.45, 7) is 1.21. The van der Waals surface area contributed by atoms with Crippen molar-refractivity contribution in [2.75, 3.05) is 26.7 Å². The number of hydrogen-bond acceptors (Lipinski definition) is 4. The number of terminal acetylenes is 1. The summed E-state index contributed by atoms with van der Waals surface area (Å²) in [5, 5.41) is 0. The molecule has 124 valence electrons. The van der Waals surface area contributed by atoms with E-state index in [9.17, 15) is 13.2 Å². The van der Waals surface area contributed by atoms with E-state index in [-0.39, 0.29) is 23.5 Å². The van der Waals surface area contributed by atoms with Gasteiger partial charge < -0.3 is 9.64 Å². The summed E-state index contributed by atoms with van der Waals surface area (Å²) in [7, 11) is -1.96. The highest BCUT2D eigenvalue weighted by Crippen LogP contribution is 2.17. The van der Waals surface area contributed by atoms with Crippen LogP contribution < -0.4 is 4.72 Å². The number of amides is 1. The van der Waals surface area contributed by atoms with Crippen LogP contribution in [0.2, 0.25) is 0 Å². The van der Waals surface area contributed by atoms with Crippen LogP contribution >= 0.6 is 0 Å². The summed E-state index contributed by atoms with van der Waals surface area (Å²) in [5.41, 5.74) is 0.469. The molecule has 1 N–H and O–H groups in total. The van der Waals surface area contributed by atoms with Gasteiger partial charge >= 0.3 is 0 Å². The number of rotatable bonds is 5. The second-order valence-corrected chi connectivity index (χ2v) is 7.05. The van der Waals surface area contributed by atoms with Gasteiger partial charge in [-0.2, -0.15) is 4.72 Å². The topological polar surface area (TPSA) is 75.7 Å². The van der Waals surface area contributed by atoms with Crippen LogP contribution in [0.5, 0.6) is 0 Å². The molecule has 2 rings (SSSR count). The first kappa shape index (κ1) is 17.5. The van der Waals surface area contributed by atoms with Gasteiger partial charge in [0.15, 0.2) is 0 Å². The molecule has 1 aromatic rings. The predicted molar refractivity (Wildman–Crippen MR) is 86.4 cm³/mol. The van der Waals surface area contributed by atoms with Crippen LogP contribution in [0.3, 0.4) is 0 Å². The first-order valence-electron chi connectivity index (χ1n) is 7.33. The number of likely N-dealkylation sites (tertiary alicyclic amines) is 1. The van der Waals surface area contributed by atoms with Crippen LogP contribution in [0.25, 0.3) is 0 Å². The van der Waals surface area contributed by atoms with Gasteiger partial charge in [-0.1, -0.05) is 5.92 Å². The maximum Gasteiger partial charge on any atom is 0.253 e. The third-order valence-electron chi connectivity index (χ3n) is 3.84. The number of ether oxygens (including phenoxy) is 1. The molecule has 7 heteroatoms. The highest BCUT2D eigenvalue weighted by atomic mass is 32.2. The lowest BCUT2D eigenvalue weighted by Crippen LogP contribution is -2.40. The molecule has 6 nitrogen and oxygen atoms in total. The second kappa shape index (κ2) is 7.59. The molecule has 1 saturated heterocycles. The van der Waals surface area contributed by atoms with Crippen molar-refractivity contribution >= 4 is 15.9 Å². The molecule has 0 unspecified atom stereocenters. The van der Waals surface area contributed by atoms with Crippen LogP contribution in [0.1, 0.15) is 23.2 Å². The number of methoxy groups -OCH3 is 1. The standard InChI is InChI=1S/C16H20N2O4S/c1-3-10-17-23(20,21)15-6-4-13(5-7-15)16(19)18-11-8-14(22-2)9-12-18/h1,4-7,14,17H,8-12H2,2H3. The third-order valence-corrected chi connectivity index (χ3v) is 5.26. The lowest BCUT2D eigenvalue weighted by atomic mass is 10.1. The fraction of sp³-hybridized carbons (Fsp3) is 0.438. The molecule has 1 aliphatic rings. The van der Waals surface area contributed by atoms with Gasteiger partial charge in [-0.25, -0.2) is 8.42 Å². The Balaban J connectivity index is 2.05. The van der Waals surface area contributed by atoms with Gasteiger partial charge in [0.2, 0.25) is 10.0 Å². The summed E-state index contributed by atoms with van der Waals surface area (Å²) in [5.74, 6) is 2.12. The molecular formula is C16H20N2O4S. The fourth-order valence-electron chi connectivity index (χ4n) is 2.47. The molecule has 1 heterocycles. The molecule has 1 aliphatic heterocycles. The molecule has 0 atom stereocenters. The maximum atomic E-state index is 12.4. The Morgan fingerprint density at radius 2 is 1.96 bits per heavy atom. The third kappa shape index (κ3) is 4.32. The number of carbonyl (C=O) groups is 1. The number of hydrogen-bond donors (Lipinski definition) is 1. The van der Waals surface area contributed by atoms with Crippen LogP contribution in [0.4, 0.5) is 0 Å². The zero-order valence-corrected chi connectivity index (χ0v) is 13.8. The molecule has 1 aromatic carbocycles. The van der Waals surface area contributed by atoms with Gasteiger partial charge in [0, 0.05) is 25.8 Å². The van der Waals surface area contributed by atoms with E-state index in [0.717, 1.165) is 12.8 Å². The molecule has 0 aliphatic carbocycles. The molecular weight excluding hydrogens is 316 g/mol. The predicted octanol–water partition coefficient (Wildman–Crippen LogP) is 0.849. The maximum absolute atomic E-state index is 12.4. The molecule has 1 amide bonds. The van der Waals surface area contributed by atoms with E-state index in [1.807, 2.05) is 0 Å². The first-order valence-corrected chi connectivity index (χ1v) is 8.81. The fourth-order valence-corrected chi connectivity index (χ4v) is 3.41. The largest absolute Gasteiger partial charge is 0.381 e. The van der Waals surface area contributed by atoms with Crippen molar-refractivity contribution in [1.82, 2.24) is 9.62 Å². The summed E-state index contributed by atoms with van der Waals surface area (Å²) >= 11 is 0. The highest BCUT2D eigenvalue weighted by Gasteiger charge is 2.23. The highest BCUT2D eigenvalue weighted by molar-refractivity contribution is 7.89. The molecule has 0 spiro atoms. The molecule has 0 bridgehead atoms. The van der Waals surface area contributed by atoms with E-state index in [2.05, 4.69) is 10.6 Å². The van der Waals surface area contributed by atoms with Gasteiger partial charge in [-0.15, -0.1) is 6.42 Å². The normalized spacial score (nSPS) is 16.1. The van der Waals surface area contributed by atoms with Crippen LogP contribution in [-0.4, -0.2) is 52.1 Å². The minimum atomic E-state index is -3.63. The second-order valence-electron chi connectivity index (χ2n) is 5.28. The zero-order chi connectivity index (χ0) is 16.9. The quantitative estimate of drug-likeness (QED) is 0.809. The average molecular weight is 336 g/mol. The van der Waals surface area contributed by atoms with Crippen molar-refractivity contribution in [2.45, 2.75) is 23.8 Å². The van der Waals surface area contributed by atoms with Gasteiger partial charge in [0.05, 0.1) is 17.5 Å². The summed E-state index contributed by atoms with van der Waals surface area (Å²) in [6.07, 6.45) is 6.87. The Bertz CT molecular complexity index is 684. The van der Waals surface area contributed by atoms with E-state index in [1.165, 1.54) is 24.3 Å². The van der Waals surface area contributed by atoms with Gasteiger partial charge in [-0.3, -0.25) is 4.79 Å². The van der Waals surface area contributed by atoms with E-state index < -0.39 is 10.0 Å². The summed E-state index contributed by atoms with van der Waals surface area (Å²) < 4.78 is 31.4. The van der Waals surface area contributed by atoms with Crippen molar-refractivity contribution in [3.05, 3.63) is 29.8 Å². The van der Waals surface area contributed by atoms with Crippen molar-refractivity contribution in [2.24, 2.45) is 0 Å². The average Bonchev–Trinajstić information content (AvgIpc) is 2.59. The van der Waals surface area contributed by atoms with Crippen LogP contribution in [-0.2, 0) is 14.8 Å². The first-order chi connectivity index (χ1) is 11.0. The van der Waals surface area contributed by atoms with E-state index in [1.54, 1.807) is 12.0 Å². The van der Waals surface area contributed by atoms with Crippen molar-refractivity contribution < 1.29 is 17.9 Å². The smallest absolute Gasteiger partial charge is 0.253 e. The zero-order valence-electron chi connectivity index (χ0n) is 13.0. The van der Waals surface area contributed by atoms with E-state index in [0.29, 0.717) is 18.7 Å². The Morgan fingerprint density at radius 1 is 1.35 bits per heavy atom. The number of carbonyl (C=O) groups excluding carboxylic acids is 1. The monoisotopic (exact) mass is 336 g/mol. The van der Waals surface area contributed by atoms with Gasteiger partial charge in [0.25, 0.3) is 5.91 Å². The number of nitrogens with one attached hydrogen (secondary N) is 1. The van der Waals surface area contributed by atoms with Crippen LogP contribution in [0.15, 0.2) is 29.2 Å². The lowest BCUT2D eigenvalue weighted by Gasteiger charge is -2.31. The van der Waals surface area contributed by atoms with Crippen LogP contribution in [0, 0.1) is 12.3 Å². The Morgan fingerprint density at radius 3 is 2.48 bits per heavy atom. The number of sulfonamides is 1. The minimum absolute atomic E-state index is 0.0720. The molecule has 0 radical (unpaired) electrons. The summed E-state index contributed by atoms with van der Waals surface area (Å²) in [6, 6.07) is 5.87. The van der Waals surface area contributed by atoms with Gasteiger partial charge in [-0.05, 0) is 37.1 Å². The number of nitrogens with zero attached hydrogens (tertiary/aromatic N) is 1. The summed E-state index contributed by atoms with van der Waals surface area (Å²) in [4.78, 5) is 14.3. The molecule has 0 saturated carbocycles. The molecule has 0 aromatic heterocycles. The van der Waals surface area contributed by atoms with E-state index >= 15 is 0 Å². The Labute approximate surface area is 136 Å². The van der Waals surface area contributed by atoms with E-state index in [4.69, 9.17) is 11.2 Å².